The number of hydrogen-bond acceptors (Lipinski definition) is 6. The summed E-state index contributed by atoms with van der Waals surface area (Å²) < 4.78 is 7.41. The summed E-state index contributed by atoms with van der Waals surface area (Å²) in [5, 5.41) is 17.7. The van der Waals surface area contributed by atoms with Crippen molar-refractivity contribution in [1.29, 1.82) is 0 Å². The molecule has 40 heavy (non-hydrogen) atoms. The molecule has 2 aromatic heterocycles. The fraction of sp³-hybridized carbons (Fsp3) is 0.250. The molecular weight excluding hydrogens is 518 g/mol. The number of carbonyl (C=O) groups is 1. The summed E-state index contributed by atoms with van der Waals surface area (Å²) >= 11 is 1.75. The molecule has 1 aliphatic heterocycles. The number of rotatable bonds is 8. The number of H-pyrrole nitrogens is 1. The van der Waals surface area contributed by atoms with E-state index in [0.717, 1.165) is 35.5 Å². The third-order valence-electron chi connectivity index (χ3n) is 7.34. The van der Waals surface area contributed by atoms with E-state index in [1.54, 1.807) is 11.3 Å². The molecule has 0 saturated carbocycles. The summed E-state index contributed by atoms with van der Waals surface area (Å²) in [7, 11) is 0. The summed E-state index contributed by atoms with van der Waals surface area (Å²) in [4.78, 5) is 14.4. The monoisotopic (exact) mass is 547 g/mol. The van der Waals surface area contributed by atoms with E-state index in [-0.39, 0.29) is 11.8 Å². The number of ether oxygens (including phenoxy) is 1. The van der Waals surface area contributed by atoms with Gasteiger partial charge in [0.25, 0.3) is 0 Å². The lowest BCUT2D eigenvalue weighted by atomic mass is 9.96. The van der Waals surface area contributed by atoms with E-state index in [2.05, 4.69) is 74.2 Å². The molecule has 0 bridgehead atoms. The Bertz CT molecular complexity index is 1710. The maximum Gasteiger partial charge on any atom is 0.226 e. The van der Waals surface area contributed by atoms with Crippen LogP contribution in [0.2, 0.25) is 0 Å². The Kier molecular flexibility index (Phi) is 7.30. The molecule has 8 heteroatoms. The first-order valence-corrected chi connectivity index (χ1v) is 14.3. The van der Waals surface area contributed by atoms with Crippen molar-refractivity contribution in [2.75, 3.05) is 11.4 Å². The molecule has 1 aliphatic rings. The summed E-state index contributed by atoms with van der Waals surface area (Å²) in [6.45, 7) is 4.98. The summed E-state index contributed by atoms with van der Waals surface area (Å²) in [5.74, 6) is 7.87. The third-order valence-corrected chi connectivity index (χ3v) is 8.30. The zero-order chi connectivity index (χ0) is 27.5. The average Bonchev–Trinajstić information content (AvgIpc) is 3.75. The molecule has 200 valence electrons. The number of carbonyl (C=O) groups excluding carboxylic acids is 1. The molecule has 0 fully saturated rings. The number of amides is 1. The van der Waals surface area contributed by atoms with E-state index in [1.807, 2.05) is 43.0 Å². The first-order chi connectivity index (χ1) is 19.6. The van der Waals surface area contributed by atoms with Crippen LogP contribution in [0, 0.1) is 11.8 Å². The van der Waals surface area contributed by atoms with Crippen LogP contribution in [0.4, 0.5) is 5.69 Å². The minimum atomic E-state index is -0.0114. The van der Waals surface area contributed by atoms with E-state index >= 15 is 0 Å². The van der Waals surface area contributed by atoms with E-state index in [4.69, 9.17) is 4.74 Å². The Morgan fingerprint density at radius 3 is 2.80 bits per heavy atom. The standard InChI is InChI=1S/C32H29N5O2S/c1-3-6-23(18-31-33-35-36-34-31)22-10-12-24(13-11-22)39-19-21-9-14-30-27(17-21)28(20-40-30)25-7-5-8-29-26(25)15-16-37(29)32(38)4-2/h5,7-14,17,20,23H,4,15-16,18-19H2,1-2H3,(H,33,34,35,36). The summed E-state index contributed by atoms with van der Waals surface area (Å²) in [5.41, 5.74) is 6.95. The highest BCUT2D eigenvalue weighted by molar-refractivity contribution is 7.17. The lowest BCUT2D eigenvalue weighted by Crippen LogP contribution is -2.27. The fourth-order valence-corrected chi connectivity index (χ4v) is 6.29. The van der Waals surface area contributed by atoms with E-state index in [0.29, 0.717) is 25.3 Å². The number of anilines is 1. The van der Waals surface area contributed by atoms with Gasteiger partial charge >= 0.3 is 0 Å². The topological polar surface area (TPSA) is 84.0 Å². The van der Waals surface area contributed by atoms with Crippen molar-refractivity contribution >= 4 is 33.0 Å². The Morgan fingerprint density at radius 2 is 2.02 bits per heavy atom. The van der Waals surface area contributed by atoms with Gasteiger partial charge in [0.05, 0.1) is 5.92 Å². The molecule has 3 heterocycles. The SMILES string of the molecule is CC#CC(Cc1nn[nH]n1)c1ccc(OCc2ccc3scc(-c4cccc5c4CCN5C(=O)CC)c3c2)cc1. The number of aromatic amines is 1. The molecule has 6 rings (SSSR count). The van der Waals surface area contributed by atoms with Crippen molar-refractivity contribution in [3.8, 4) is 28.7 Å². The van der Waals surface area contributed by atoms with Crippen molar-refractivity contribution in [2.24, 2.45) is 0 Å². The first-order valence-electron chi connectivity index (χ1n) is 13.4. The van der Waals surface area contributed by atoms with Crippen molar-refractivity contribution in [2.45, 2.75) is 45.6 Å². The smallest absolute Gasteiger partial charge is 0.226 e. The van der Waals surface area contributed by atoms with Gasteiger partial charge in [-0.3, -0.25) is 4.79 Å². The second-order valence-corrected chi connectivity index (χ2v) is 10.7. The van der Waals surface area contributed by atoms with Gasteiger partial charge in [-0.05, 0) is 71.3 Å². The number of nitrogens with one attached hydrogen (secondary N) is 1. The molecule has 0 spiro atoms. The van der Waals surface area contributed by atoms with Gasteiger partial charge in [-0.1, -0.05) is 48.4 Å². The molecule has 1 amide bonds. The van der Waals surface area contributed by atoms with E-state index in [9.17, 15) is 4.79 Å². The van der Waals surface area contributed by atoms with Crippen LogP contribution in [0.1, 0.15) is 48.7 Å². The number of hydrogen-bond donors (Lipinski definition) is 1. The predicted molar refractivity (Wildman–Crippen MR) is 158 cm³/mol. The quantitative estimate of drug-likeness (QED) is 0.230. The van der Waals surface area contributed by atoms with Crippen LogP contribution in [0.5, 0.6) is 5.75 Å². The fourth-order valence-electron chi connectivity index (χ4n) is 5.35. The van der Waals surface area contributed by atoms with Gasteiger partial charge in [0, 0.05) is 40.7 Å². The summed E-state index contributed by atoms with van der Waals surface area (Å²) in [6, 6.07) is 20.9. The number of tetrazole rings is 1. The minimum absolute atomic E-state index is 0.0114. The molecule has 0 radical (unpaired) electrons. The first kappa shape index (κ1) is 25.8. The van der Waals surface area contributed by atoms with Crippen LogP contribution in [0.3, 0.4) is 0 Å². The van der Waals surface area contributed by atoms with Gasteiger partial charge in [0.15, 0.2) is 5.82 Å². The zero-order valence-electron chi connectivity index (χ0n) is 22.5. The number of thiophene rings is 1. The van der Waals surface area contributed by atoms with Crippen molar-refractivity contribution in [3.05, 3.63) is 88.6 Å². The number of benzene rings is 3. The average molecular weight is 548 g/mol. The van der Waals surface area contributed by atoms with Gasteiger partial charge in [-0.15, -0.1) is 27.5 Å². The molecule has 1 unspecified atom stereocenters. The number of nitrogens with zero attached hydrogens (tertiary/aromatic N) is 4. The second-order valence-electron chi connectivity index (χ2n) is 9.77. The maximum atomic E-state index is 12.5. The van der Waals surface area contributed by atoms with E-state index in [1.165, 1.54) is 26.8 Å². The number of aromatic nitrogens is 4. The normalized spacial score (nSPS) is 13.1. The lowest BCUT2D eigenvalue weighted by Gasteiger charge is -2.17. The van der Waals surface area contributed by atoms with Crippen molar-refractivity contribution in [3.63, 3.8) is 0 Å². The van der Waals surface area contributed by atoms with Crippen LogP contribution in [0.25, 0.3) is 21.2 Å². The van der Waals surface area contributed by atoms with Gasteiger partial charge < -0.3 is 9.64 Å². The van der Waals surface area contributed by atoms with Gasteiger partial charge in [-0.2, -0.15) is 5.21 Å². The third kappa shape index (κ3) is 5.08. The van der Waals surface area contributed by atoms with Gasteiger partial charge in [-0.25, -0.2) is 0 Å². The highest BCUT2D eigenvalue weighted by Gasteiger charge is 2.26. The Labute approximate surface area is 237 Å². The Balaban J connectivity index is 1.20. The molecule has 0 aliphatic carbocycles. The highest BCUT2D eigenvalue weighted by atomic mass is 32.1. The number of fused-ring (bicyclic) bond motifs is 2. The van der Waals surface area contributed by atoms with Crippen LogP contribution in [-0.2, 0) is 24.2 Å². The summed E-state index contributed by atoms with van der Waals surface area (Å²) in [6.07, 6.45) is 2.00. The molecule has 1 N–H and O–H groups in total. The molecule has 5 aromatic rings. The van der Waals surface area contributed by atoms with Gasteiger partial charge in [0.1, 0.15) is 12.4 Å². The molecule has 0 saturated heterocycles. The minimum Gasteiger partial charge on any atom is -0.489 e. The van der Waals surface area contributed by atoms with E-state index < -0.39 is 0 Å². The lowest BCUT2D eigenvalue weighted by molar-refractivity contribution is -0.118. The maximum absolute atomic E-state index is 12.5. The largest absolute Gasteiger partial charge is 0.489 e. The highest BCUT2D eigenvalue weighted by Crippen LogP contribution is 2.41. The van der Waals surface area contributed by atoms with Crippen LogP contribution >= 0.6 is 11.3 Å². The predicted octanol–water partition coefficient (Wildman–Crippen LogP) is 6.31. The molecule has 1 atom stereocenters. The van der Waals surface area contributed by atoms with Crippen molar-refractivity contribution < 1.29 is 9.53 Å². The van der Waals surface area contributed by atoms with Crippen LogP contribution in [-0.4, -0.2) is 33.1 Å². The van der Waals surface area contributed by atoms with Crippen molar-refractivity contribution in [1.82, 2.24) is 20.6 Å². The Morgan fingerprint density at radius 1 is 1.15 bits per heavy atom. The van der Waals surface area contributed by atoms with Crippen LogP contribution in [0.15, 0.2) is 66.0 Å². The molecule has 3 aromatic carbocycles. The molecule has 7 nitrogen and oxygen atoms in total. The van der Waals surface area contributed by atoms with Crippen LogP contribution < -0.4 is 9.64 Å². The zero-order valence-corrected chi connectivity index (χ0v) is 23.3. The Hall–Kier alpha value is -4.48. The van der Waals surface area contributed by atoms with Gasteiger partial charge in [0.2, 0.25) is 5.91 Å². The molecular formula is C32H29N5O2S. The second kappa shape index (κ2) is 11.3.